The van der Waals surface area contributed by atoms with Crippen LogP contribution in [0.1, 0.15) is 12.5 Å². The Kier molecular flexibility index (Phi) is 8.50. The molecule has 0 radical (unpaired) electrons. The maximum absolute atomic E-state index is 11.9. The van der Waals surface area contributed by atoms with Crippen LogP contribution < -0.4 is 20.1 Å². The minimum absolute atomic E-state index is 0.0323. The number of nitrogens with one attached hydrogen (secondary N) is 2. The van der Waals surface area contributed by atoms with Crippen LogP contribution >= 0.6 is 0 Å². The minimum atomic E-state index is -0.516. The second-order valence-corrected chi connectivity index (χ2v) is 6.06. The quantitative estimate of drug-likeness (QED) is 0.467. The SMILES string of the molecule is COc1ccccc1OCCNC(=O)COC(=O)Cc1ccc(NC(C)=O)cc1. The van der Waals surface area contributed by atoms with E-state index in [1.165, 1.54) is 6.92 Å². The first-order valence-electron chi connectivity index (χ1n) is 9.02. The predicted molar refractivity (Wildman–Crippen MR) is 107 cm³/mol. The molecule has 2 rings (SSSR count). The van der Waals surface area contributed by atoms with E-state index >= 15 is 0 Å². The van der Waals surface area contributed by atoms with Crippen molar-refractivity contribution in [2.75, 3.05) is 32.2 Å². The second kappa shape index (κ2) is 11.3. The zero-order valence-electron chi connectivity index (χ0n) is 16.4. The summed E-state index contributed by atoms with van der Waals surface area (Å²) in [7, 11) is 1.55. The molecule has 2 amide bonds. The number of amides is 2. The van der Waals surface area contributed by atoms with Gasteiger partial charge in [-0.15, -0.1) is 0 Å². The van der Waals surface area contributed by atoms with Gasteiger partial charge in [0.25, 0.3) is 5.91 Å². The molecule has 0 unspecified atom stereocenters. The highest BCUT2D eigenvalue weighted by Crippen LogP contribution is 2.25. The van der Waals surface area contributed by atoms with Crippen LogP contribution in [0, 0.1) is 0 Å². The Morgan fingerprint density at radius 3 is 2.31 bits per heavy atom. The van der Waals surface area contributed by atoms with E-state index in [-0.39, 0.29) is 32.1 Å². The van der Waals surface area contributed by atoms with Crippen molar-refractivity contribution in [1.29, 1.82) is 0 Å². The predicted octanol–water partition coefficient (Wildman–Crippen LogP) is 1.93. The van der Waals surface area contributed by atoms with Crippen LogP contribution in [0.15, 0.2) is 48.5 Å². The van der Waals surface area contributed by atoms with Gasteiger partial charge in [0.2, 0.25) is 5.91 Å². The summed E-state index contributed by atoms with van der Waals surface area (Å²) in [6, 6.07) is 14.0. The van der Waals surface area contributed by atoms with Crippen molar-refractivity contribution < 1.29 is 28.6 Å². The van der Waals surface area contributed by atoms with Crippen LogP contribution in [0.4, 0.5) is 5.69 Å². The molecule has 2 N–H and O–H groups in total. The molecule has 8 heteroatoms. The number of ether oxygens (including phenoxy) is 3. The number of benzene rings is 2. The molecule has 0 bridgehead atoms. The fourth-order valence-corrected chi connectivity index (χ4v) is 2.41. The van der Waals surface area contributed by atoms with Gasteiger partial charge in [-0.25, -0.2) is 0 Å². The summed E-state index contributed by atoms with van der Waals surface area (Å²) in [6.07, 6.45) is 0.0323. The molecule has 0 atom stereocenters. The standard InChI is InChI=1S/C21H24N2O6/c1-15(24)23-17-9-7-16(8-10-17)13-21(26)29-14-20(25)22-11-12-28-19-6-4-3-5-18(19)27-2/h3-10H,11-14H2,1-2H3,(H,22,25)(H,23,24). The van der Waals surface area contributed by atoms with Gasteiger partial charge in [-0.1, -0.05) is 24.3 Å². The van der Waals surface area contributed by atoms with E-state index in [2.05, 4.69) is 10.6 Å². The summed E-state index contributed by atoms with van der Waals surface area (Å²) in [4.78, 5) is 34.6. The first-order chi connectivity index (χ1) is 14.0. The van der Waals surface area contributed by atoms with Gasteiger partial charge < -0.3 is 24.8 Å². The molecule has 8 nitrogen and oxygen atoms in total. The van der Waals surface area contributed by atoms with Crippen LogP contribution in [-0.2, 0) is 25.5 Å². The number of carbonyl (C=O) groups is 3. The lowest BCUT2D eigenvalue weighted by Crippen LogP contribution is -2.32. The topological polar surface area (TPSA) is 103 Å². The number of carbonyl (C=O) groups excluding carboxylic acids is 3. The van der Waals surface area contributed by atoms with Gasteiger partial charge in [0.05, 0.1) is 20.1 Å². The smallest absolute Gasteiger partial charge is 0.310 e. The number of esters is 1. The third kappa shape index (κ3) is 7.92. The van der Waals surface area contributed by atoms with Crippen LogP contribution in [0.2, 0.25) is 0 Å². The van der Waals surface area contributed by atoms with E-state index < -0.39 is 11.9 Å². The Balaban J connectivity index is 1.64. The van der Waals surface area contributed by atoms with Crippen LogP contribution in [0.5, 0.6) is 11.5 Å². The van der Waals surface area contributed by atoms with Gasteiger partial charge >= 0.3 is 5.97 Å². The lowest BCUT2D eigenvalue weighted by atomic mass is 10.1. The van der Waals surface area contributed by atoms with Crippen molar-refractivity contribution in [2.24, 2.45) is 0 Å². The Labute approximate surface area is 169 Å². The number of hydrogen-bond acceptors (Lipinski definition) is 6. The summed E-state index contributed by atoms with van der Waals surface area (Å²) in [5, 5.41) is 5.25. The first-order valence-corrected chi connectivity index (χ1v) is 9.02. The Morgan fingerprint density at radius 2 is 1.66 bits per heavy atom. The van der Waals surface area contributed by atoms with E-state index in [4.69, 9.17) is 14.2 Å². The monoisotopic (exact) mass is 400 g/mol. The maximum Gasteiger partial charge on any atom is 0.310 e. The summed E-state index contributed by atoms with van der Waals surface area (Å²) < 4.78 is 15.7. The van der Waals surface area contributed by atoms with Gasteiger partial charge in [-0.3, -0.25) is 14.4 Å². The van der Waals surface area contributed by atoms with Crippen molar-refractivity contribution in [3.63, 3.8) is 0 Å². The van der Waals surface area contributed by atoms with Gasteiger partial charge in [-0.05, 0) is 29.8 Å². The molecule has 2 aromatic rings. The Hall–Kier alpha value is -3.55. The van der Waals surface area contributed by atoms with Crippen LogP contribution in [-0.4, -0.2) is 44.7 Å². The van der Waals surface area contributed by atoms with E-state index in [9.17, 15) is 14.4 Å². The minimum Gasteiger partial charge on any atom is -0.493 e. The van der Waals surface area contributed by atoms with E-state index in [0.29, 0.717) is 17.2 Å². The number of rotatable bonds is 10. The lowest BCUT2D eigenvalue weighted by Gasteiger charge is -2.11. The zero-order valence-corrected chi connectivity index (χ0v) is 16.4. The number of para-hydroxylation sites is 2. The molecule has 0 aliphatic rings. The molecule has 0 saturated heterocycles. The van der Waals surface area contributed by atoms with Crippen molar-refractivity contribution in [3.8, 4) is 11.5 Å². The van der Waals surface area contributed by atoms with Gasteiger partial charge in [0, 0.05) is 12.6 Å². The number of anilines is 1. The van der Waals surface area contributed by atoms with Gasteiger partial charge in [-0.2, -0.15) is 0 Å². The molecular weight excluding hydrogens is 376 g/mol. The van der Waals surface area contributed by atoms with Gasteiger partial charge in [0.15, 0.2) is 18.1 Å². The van der Waals surface area contributed by atoms with Crippen molar-refractivity contribution in [3.05, 3.63) is 54.1 Å². The molecule has 0 fully saturated rings. The molecule has 0 heterocycles. The summed E-state index contributed by atoms with van der Waals surface area (Å²) in [5.41, 5.74) is 1.36. The molecule has 0 spiro atoms. The van der Waals surface area contributed by atoms with Gasteiger partial charge in [0.1, 0.15) is 6.61 Å². The number of methoxy groups -OCH3 is 1. The lowest BCUT2D eigenvalue weighted by molar-refractivity contribution is -0.147. The molecule has 154 valence electrons. The zero-order chi connectivity index (χ0) is 21.1. The van der Waals surface area contributed by atoms with Crippen LogP contribution in [0.25, 0.3) is 0 Å². The van der Waals surface area contributed by atoms with Crippen molar-refractivity contribution >= 4 is 23.5 Å². The molecule has 0 saturated carbocycles. The third-order valence-electron chi connectivity index (χ3n) is 3.74. The maximum atomic E-state index is 11.9. The second-order valence-electron chi connectivity index (χ2n) is 6.06. The molecule has 0 aliphatic carbocycles. The van der Waals surface area contributed by atoms with Crippen LogP contribution in [0.3, 0.4) is 0 Å². The molecular formula is C21H24N2O6. The number of hydrogen-bond donors (Lipinski definition) is 2. The third-order valence-corrected chi connectivity index (χ3v) is 3.74. The highest BCUT2D eigenvalue weighted by molar-refractivity contribution is 5.88. The molecule has 0 aromatic heterocycles. The summed E-state index contributed by atoms with van der Waals surface area (Å²) in [5.74, 6) is 0.0928. The molecule has 0 aliphatic heterocycles. The van der Waals surface area contributed by atoms with E-state index in [1.807, 2.05) is 12.1 Å². The highest BCUT2D eigenvalue weighted by Gasteiger charge is 2.09. The summed E-state index contributed by atoms with van der Waals surface area (Å²) in [6.45, 7) is 1.57. The van der Waals surface area contributed by atoms with E-state index in [0.717, 1.165) is 5.56 Å². The average molecular weight is 400 g/mol. The molecule has 2 aromatic carbocycles. The molecule has 29 heavy (non-hydrogen) atoms. The Bertz CT molecular complexity index is 835. The Morgan fingerprint density at radius 1 is 0.966 bits per heavy atom. The fourth-order valence-electron chi connectivity index (χ4n) is 2.41. The van der Waals surface area contributed by atoms with Crippen molar-refractivity contribution in [2.45, 2.75) is 13.3 Å². The average Bonchev–Trinajstić information content (AvgIpc) is 2.71. The first kappa shape index (κ1) is 21.7. The van der Waals surface area contributed by atoms with E-state index in [1.54, 1.807) is 43.5 Å². The normalized spacial score (nSPS) is 10.0. The fraction of sp³-hybridized carbons (Fsp3) is 0.286. The largest absolute Gasteiger partial charge is 0.493 e. The highest BCUT2D eigenvalue weighted by atomic mass is 16.5. The van der Waals surface area contributed by atoms with Crippen molar-refractivity contribution in [1.82, 2.24) is 5.32 Å². The summed E-state index contributed by atoms with van der Waals surface area (Å²) >= 11 is 0.